The van der Waals surface area contributed by atoms with E-state index in [1.54, 1.807) is 0 Å². The van der Waals surface area contributed by atoms with Gasteiger partial charge in [0.25, 0.3) is 0 Å². The summed E-state index contributed by atoms with van der Waals surface area (Å²) in [5.41, 5.74) is 0.349. The lowest BCUT2D eigenvalue weighted by Gasteiger charge is -2.18. The number of hydrogen-bond donors (Lipinski definition) is 2. The number of aromatic nitrogens is 1. The fourth-order valence-electron chi connectivity index (χ4n) is 3.44. The fraction of sp³-hybridized carbons (Fsp3) is 0.261. The quantitative estimate of drug-likeness (QED) is 0.188. The normalized spacial score (nSPS) is 14.5. The van der Waals surface area contributed by atoms with Gasteiger partial charge in [-0.1, -0.05) is 41.4 Å². The molecule has 3 aromatic rings. The van der Waals surface area contributed by atoms with Crippen LogP contribution in [0.15, 0.2) is 48.7 Å². The van der Waals surface area contributed by atoms with Gasteiger partial charge in [-0.3, -0.25) is 14.7 Å². The van der Waals surface area contributed by atoms with Crippen LogP contribution in [0.5, 0.6) is 0 Å². The summed E-state index contributed by atoms with van der Waals surface area (Å²) < 4.78 is 92.7. The Balaban J connectivity index is 1.80. The van der Waals surface area contributed by atoms with E-state index in [-0.39, 0.29) is 5.56 Å². The Labute approximate surface area is 209 Å². The molecule has 4 nitrogen and oxygen atoms in total. The first kappa shape index (κ1) is 28.0. The van der Waals surface area contributed by atoms with Crippen LogP contribution in [-0.2, 0) is 0 Å². The smallest absolute Gasteiger partial charge is 0.378 e. The third kappa shape index (κ3) is 7.00. The van der Waals surface area contributed by atoms with Crippen molar-refractivity contribution in [3.63, 3.8) is 0 Å². The molecule has 3 rings (SSSR count). The Hall–Kier alpha value is -2.60. The molecule has 194 valence electrons. The molecule has 2 aromatic carbocycles. The Bertz CT molecular complexity index is 1260. The van der Waals surface area contributed by atoms with Crippen molar-refractivity contribution in [2.75, 3.05) is 6.54 Å². The molecule has 0 saturated carbocycles. The third-order valence-corrected chi connectivity index (χ3v) is 5.65. The van der Waals surface area contributed by atoms with E-state index in [0.29, 0.717) is 16.5 Å². The van der Waals surface area contributed by atoms with Crippen molar-refractivity contribution in [3.8, 4) is 0 Å². The van der Waals surface area contributed by atoms with Gasteiger partial charge in [-0.2, -0.15) is 26.3 Å². The van der Waals surface area contributed by atoms with Crippen molar-refractivity contribution in [2.45, 2.75) is 30.9 Å². The minimum absolute atomic E-state index is 0.347. The Morgan fingerprint density at radius 2 is 1.69 bits per heavy atom. The van der Waals surface area contributed by atoms with Crippen LogP contribution < -0.4 is 5.32 Å². The summed E-state index contributed by atoms with van der Waals surface area (Å²) in [6, 6.07) is 7.58. The molecule has 0 fully saturated rings. The number of hydrogen-bond acceptors (Lipinski definition) is 3. The van der Waals surface area contributed by atoms with E-state index in [0.717, 1.165) is 22.8 Å². The van der Waals surface area contributed by atoms with Crippen LogP contribution in [0.4, 0.5) is 30.7 Å². The highest BCUT2D eigenvalue weighted by molar-refractivity contribution is 6.35. The lowest BCUT2D eigenvalue weighted by Crippen LogP contribution is -2.38. The SMILES string of the molecule is O=C(CNC(O)CC(F)(F)F)n1ccc2cc(/C=C/C(c3cc(Cl)c(F)c(Cl)c3)C(F)(F)F)ccc21. The molecule has 2 N–H and O–H groups in total. The van der Waals surface area contributed by atoms with Crippen LogP contribution in [0.3, 0.4) is 0 Å². The van der Waals surface area contributed by atoms with Crippen molar-refractivity contribution in [1.29, 1.82) is 0 Å². The van der Waals surface area contributed by atoms with E-state index in [1.165, 1.54) is 36.5 Å². The molecule has 0 spiro atoms. The lowest BCUT2D eigenvalue weighted by molar-refractivity contribution is -0.156. The Morgan fingerprint density at radius 1 is 1.06 bits per heavy atom. The summed E-state index contributed by atoms with van der Waals surface area (Å²) in [7, 11) is 0. The number of nitrogens with one attached hydrogen (secondary N) is 1. The van der Waals surface area contributed by atoms with Gasteiger partial charge in [0.2, 0.25) is 5.91 Å². The molecule has 0 saturated heterocycles. The summed E-state index contributed by atoms with van der Waals surface area (Å²) in [6.07, 6.45) is -9.44. The number of benzene rings is 2. The van der Waals surface area contributed by atoms with Crippen LogP contribution in [0.25, 0.3) is 17.0 Å². The minimum atomic E-state index is -4.73. The summed E-state index contributed by atoms with van der Waals surface area (Å²) in [6.45, 7) is -0.585. The minimum Gasteiger partial charge on any atom is -0.378 e. The van der Waals surface area contributed by atoms with Gasteiger partial charge in [0, 0.05) is 11.6 Å². The molecule has 1 aromatic heterocycles. The first-order chi connectivity index (χ1) is 16.7. The summed E-state index contributed by atoms with van der Waals surface area (Å²) in [5.74, 6) is -3.82. The van der Waals surface area contributed by atoms with Crippen molar-refractivity contribution in [2.24, 2.45) is 0 Å². The molecule has 0 aliphatic rings. The number of halogens is 9. The number of nitrogens with zero attached hydrogens (tertiary/aromatic N) is 1. The van der Waals surface area contributed by atoms with Gasteiger partial charge in [0.1, 0.15) is 6.23 Å². The summed E-state index contributed by atoms with van der Waals surface area (Å²) >= 11 is 11.3. The second kappa shape index (κ2) is 10.8. The van der Waals surface area contributed by atoms with Crippen molar-refractivity contribution in [3.05, 3.63) is 75.7 Å². The Kier molecular flexibility index (Phi) is 8.39. The van der Waals surface area contributed by atoms with Crippen LogP contribution in [0, 0.1) is 5.82 Å². The zero-order valence-corrected chi connectivity index (χ0v) is 19.5. The fourth-order valence-corrected chi connectivity index (χ4v) is 3.94. The number of fused-ring (bicyclic) bond motifs is 1. The molecular weight excluding hydrogens is 540 g/mol. The monoisotopic (exact) mass is 556 g/mol. The molecule has 13 heteroatoms. The van der Waals surface area contributed by atoms with E-state index in [9.17, 15) is 40.6 Å². The van der Waals surface area contributed by atoms with Gasteiger partial charge in [-0.25, -0.2) is 4.39 Å². The van der Waals surface area contributed by atoms with Crippen LogP contribution in [0.2, 0.25) is 10.0 Å². The molecule has 0 bridgehead atoms. The molecule has 2 unspecified atom stereocenters. The maximum atomic E-state index is 13.7. The highest BCUT2D eigenvalue weighted by Gasteiger charge is 2.39. The number of rotatable bonds is 7. The highest BCUT2D eigenvalue weighted by atomic mass is 35.5. The van der Waals surface area contributed by atoms with Crippen LogP contribution >= 0.6 is 23.2 Å². The largest absolute Gasteiger partial charge is 0.399 e. The molecule has 0 aliphatic carbocycles. The molecule has 2 atom stereocenters. The Morgan fingerprint density at radius 3 is 2.28 bits per heavy atom. The van der Waals surface area contributed by atoms with E-state index < -0.39 is 59.2 Å². The first-order valence-electron chi connectivity index (χ1n) is 10.2. The summed E-state index contributed by atoms with van der Waals surface area (Å²) in [4.78, 5) is 12.4. The molecular formula is C23H17Cl2F7N2O2. The van der Waals surface area contributed by atoms with Gasteiger partial charge in [0.05, 0.1) is 34.4 Å². The number of aliphatic hydroxyl groups is 1. The van der Waals surface area contributed by atoms with E-state index in [4.69, 9.17) is 23.2 Å². The second-order valence-corrected chi connectivity index (χ2v) is 8.61. The zero-order valence-electron chi connectivity index (χ0n) is 18.0. The number of carbonyl (C=O) groups excluding carboxylic acids is 1. The van der Waals surface area contributed by atoms with Crippen molar-refractivity contribution in [1.82, 2.24) is 9.88 Å². The average molecular weight is 557 g/mol. The maximum absolute atomic E-state index is 13.7. The number of carbonyl (C=O) groups is 1. The summed E-state index contributed by atoms with van der Waals surface area (Å²) in [5, 5.41) is 10.8. The molecule has 1 heterocycles. The third-order valence-electron chi connectivity index (χ3n) is 5.10. The molecule has 0 aliphatic heterocycles. The second-order valence-electron chi connectivity index (χ2n) is 7.79. The number of allylic oxidation sites excluding steroid dienone is 1. The highest BCUT2D eigenvalue weighted by Crippen LogP contribution is 2.39. The van der Waals surface area contributed by atoms with Crippen molar-refractivity contribution >= 4 is 46.1 Å². The van der Waals surface area contributed by atoms with Crippen LogP contribution in [-0.4, -0.2) is 40.7 Å². The number of aliphatic hydroxyl groups excluding tert-OH is 1. The standard InChI is InChI=1S/C23H17Cl2F7N2O2/c24-16-8-14(9-17(25)21(16)26)15(23(30,31)32)3-1-12-2-4-18-13(7-12)5-6-34(18)20(36)11-33-19(35)10-22(27,28)29/h1-9,15,19,33,35H,10-11H2/b3-1+. The first-order valence-corrected chi connectivity index (χ1v) is 10.9. The number of alkyl halides is 6. The van der Waals surface area contributed by atoms with Crippen molar-refractivity contribution < 1.29 is 40.6 Å². The topological polar surface area (TPSA) is 54.3 Å². The predicted octanol–water partition coefficient (Wildman–Crippen LogP) is 6.95. The van der Waals surface area contributed by atoms with E-state index in [1.807, 2.05) is 0 Å². The van der Waals surface area contributed by atoms with Gasteiger partial charge in [-0.15, -0.1) is 0 Å². The molecule has 36 heavy (non-hydrogen) atoms. The molecule has 0 amide bonds. The zero-order chi connectivity index (χ0) is 26.8. The average Bonchev–Trinajstić information content (AvgIpc) is 3.17. The van der Waals surface area contributed by atoms with Crippen LogP contribution in [0.1, 0.15) is 28.3 Å². The molecule has 0 radical (unpaired) electrons. The van der Waals surface area contributed by atoms with Gasteiger partial charge in [-0.05, 0) is 41.5 Å². The van der Waals surface area contributed by atoms with Gasteiger partial charge in [0.15, 0.2) is 5.82 Å². The maximum Gasteiger partial charge on any atom is 0.399 e. The van der Waals surface area contributed by atoms with Gasteiger partial charge >= 0.3 is 12.4 Å². The predicted molar refractivity (Wildman–Crippen MR) is 121 cm³/mol. The van der Waals surface area contributed by atoms with Gasteiger partial charge < -0.3 is 5.11 Å². The van der Waals surface area contributed by atoms with E-state index >= 15 is 0 Å². The van der Waals surface area contributed by atoms with E-state index in [2.05, 4.69) is 5.32 Å². The lowest BCUT2D eigenvalue weighted by atomic mass is 9.97.